The molecular weight excluding hydrogens is 214 g/mol. The molecule has 0 amide bonds. The Kier molecular flexibility index (Phi) is 9.88. The smallest absolute Gasteiger partial charge is 1.00 e. The molecule has 0 saturated heterocycles. The molecule has 4 nitrogen and oxygen atoms in total. The number of hydrogen-bond acceptors (Lipinski definition) is 1. The molecule has 1 rings (SSSR count). The molecule has 0 aliphatic carbocycles. The number of benzene rings is 1. The van der Waals surface area contributed by atoms with Crippen molar-refractivity contribution in [3.05, 3.63) is 42.5 Å². The molecule has 0 atom stereocenters. The third kappa shape index (κ3) is 14.6. The van der Waals surface area contributed by atoms with Gasteiger partial charge in [0.15, 0.2) is 0 Å². The molecule has 1 aromatic rings. The van der Waals surface area contributed by atoms with Crippen molar-refractivity contribution >= 4 is 13.9 Å². The van der Waals surface area contributed by atoms with Gasteiger partial charge in [0, 0.05) is 0 Å². The van der Waals surface area contributed by atoms with E-state index in [1.54, 1.807) is 0 Å². The topological polar surface area (TPSA) is 77.8 Å². The van der Waals surface area contributed by atoms with E-state index in [1.165, 1.54) is 5.56 Å². The molecule has 0 bridgehead atoms. The van der Waals surface area contributed by atoms with Crippen LogP contribution in [-0.2, 0) is 4.57 Å². The predicted octanol–water partition coefficient (Wildman–Crippen LogP) is -1.48. The van der Waals surface area contributed by atoms with Crippen molar-refractivity contribution in [1.29, 1.82) is 0 Å². The average Bonchev–Trinajstić information content (AvgIpc) is 2.03. The van der Waals surface area contributed by atoms with Crippen LogP contribution in [0.4, 0.5) is 0 Å². The van der Waals surface area contributed by atoms with Crippen LogP contribution in [0.2, 0.25) is 0 Å². The maximum atomic E-state index is 8.88. The molecule has 0 aliphatic heterocycles. The fourth-order valence-corrected chi connectivity index (χ4v) is 0.589. The molecule has 74 valence electrons. The second kappa shape index (κ2) is 8.38. The summed E-state index contributed by atoms with van der Waals surface area (Å²) in [5.74, 6) is 0. The molecule has 0 heterocycles. The number of rotatable bonds is 1. The Hall–Kier alpha value is 0.0700. The second-order valence-corrected chi connectivity index (χ2v) is 3.15. The summed E-state index contributed by atoms with van der Waals surface area (Å²) in [5.41, 5.74) is 1.17. The van der Waals surface area contributed by atoms with Crippen molar-refractivity contribution in [3.63, 3.8) is 0 Å². The fourth-order valence-electron chi connectivity index (χ4n) is 0.589. The van der Waals surface area contributed by atoms with Crippen LogP contribution in [0.5, 0.6) is 0 Å². The Morgan fingerprint density at radius 3 is 1.79 bits per heavy atom. The Labute approximate surface area is 106 Å². The summed E-state index contributed by atoms with van der Waals surface area (Å²) >= 11 is 0. The van der Waals surface area contributed by atoms with Crippen LogP contribution >= 0.6 is 7.82 Å². The normalized spacial score (nSPS) is 9.07. The second-order valence-electron chi connectivity index (χ2n) is 2.13. The summed E-state index contributed by atoms with van der Waals surface area (Å²) in [5, 5.41) is 0. The van der Waals surface area contributed by atoms with E-state index in [9.17, 15) is 0 Å². The maximum Gasteiger partial charge on any atom is 1.00 e. The van der Waals surface area contributed by atoms with Crippen molar-refractivity contribution in [2.75, 3.05) is 0 Å². The van der Waals surface area contributed by atoms with Crippen LogP contribution in [0.15, 0.2) is 36.9 Å². The number of hydrogen-bond donors (Lipinski definition) is 3. The minimum Gasteiger partial charge on any atom is -1.00 e. The zero-order chi connectivity index (χ0) is 10.3. The first-order valence-electron chi connectivity index (χ1n) is 3.39. The number of phosphoric acid groups is 1. The molecule has 14 heavy (non-hydrogen) atoms. The van der Waals surface area contributed by atoms with Crippen LogP contribution in [0, 0.1) is 0 Å². The van der Waals surface area contributed by atoms with Gasteiger partial charge in [-0.05, 0) is 5.56 Å². The van der Waals surface area contributed by atoms with Gasteiger partial charge in [0.2, 0.25) is 0 Å². The minimum atomic E-state index is -4.64. The summed E-state index contributed by atoms with van der Waals surface area (Å²) in [4.78, 5) is 21.6. The quantitative estimate of drug-likeness (QED) is 0.403. The summed E-state index contributed by atoms with van der Waals surface area (Å²) in [6.07, 6.45) is 1.83. The van der Waals surface area contributed by atoms with E-state index in [0.717, 1.165) is 0 Å². The molecule has 0 spiro atoms. The van der Waals surface area contributed by atoms with E-state index in [0.29, 0.717) is 0 Å². The van der Waals surface area contributed by atoms with Gasteiger partial charge in [0.05, 0.1) is 0 Å². The molecule has 6 heteroatoms. The largest absolute Gasteiger partial charge is 1.00 e. The van der Waals surface area contributed by atoms with Gasteiger partial charge >= 0.3 is 37.4 Å². The Morgan fingerprint density at radius 2 is 1.57 bits per heavy atom. The van der Waals surface area contributed by atoms with Crippen molar-refractivity contribution in [1.82, 2.24) is 0 Å². The molecule has 0 aliphatic rings. The third-order valence-electron chi connectivity index (χ3n) is 1.04. The molecule has 0 aromatic heterocycles. The molecule has 0 fully saturated rings. The van der Waals surface area contributed by atoms with E-state index < -0.39 is 7.82 Å². The van der Waals surface area contributed by atoms with Gasteiger partial charge in [-0.1, -0.05) is 43.0 Å². The summed E-state index contributed by atoms with van der Waals surface area (Å²) < 4.78 is 8.88. The minimum absolute atomic E-state index is 0. The monoisotopic (exact) mass is 226 g/mol. The van der Waals surface area contributed by atoms with E-state index in [-0.39, 0.29) is 31.0 Å². The van der Waals surface area contributed by atoms with Gasteiger partial charge in [-0.3, -0.25) is 0 Å². The van der Waals surface area contributed by atoms with Crippen LogP contribution in [0.25, 0.3) is 6.08 Å². The summed E-state index contributed by atoms with van der Waals surface area (Å²) in [6.45, 7) is 3.63. The van der Waals surface area contributed by atoms with Gasteiger partial charge in [0.1, 0.15) is 0 Å². The molecule has 0 saturated carbocycles. The Balaban J connectivity index is -0.000000185. The first-order valence-corrected chi connectivity index (χ1v) is 4.96. The zero-order valence-electron chi connectivity index (χ0n) is 8.87. The van der Waals surface area contributed by atoms with Crippen molar-refractivity contribution in [2.45, 2.75) is 0 Å². The van der Waals surface area contributed by atoms with E-state index in [1.807, 2.05) is 36.4 Å². The van der Waals surface area contributed by atoms with E-state index in [4.69, 9.17) is 19.2 Å². The van der Waals surface area contributed by atoms with E-state index in [2.05, 4.69) is 6.58 Å². The summed E-state index contributed by atoms with van der Waals surface area (Å²) in [6, 6.07) is 10.0. The molecular formula is C8H12NaO4P. The van der Waals surface area contributed by atoms with Crippen LogP contribution in [0.3, 0.4) is 0 Å². The maximum absolute atomic E-state index is 8.88. The SMILES string of the molecule is C=Cc1ccccc1.O=P(O)(O)O.[H-].[Na+]. The first kappa shape index (κ1) is 16.5. The molecule has 1 aromatic carbocycles. The third-order valence-corrected chi connectivity index (χ3v) is 1.04. The first-order chi connectivity index (χ1) is 5.93. The van der Waals surface area contributed by atoms with Gasteiger partial charge in [-0.25, -0.2) is 4.57 Å². The zero-order valence-corrected chi connectivity index (χ0v) is 10.8. The van der Waals surface area contributed by atoms with Gasteiger partial charge in [-0.2, -0.15) is 0 Å². The van der Waals surface area contributed by atoms with Crippen molar-refractivity contribution < 1.29 is 50.2 Å². The predicted molar refractivity (Wildman–Crippen MR) is 51.9 cm³/mol. The van der Waals surface area contributed by atoms with Gasteiger partial charge in [0.25, 0.3) is 0 Å². The van der Waals surface area contributed by atoms with Gasteiger partial charge in [-0.15, -0.1) is 0 Å². The Bertz CT molecular complexity index is 293. The fraction of sp³-hybridized carbons (Fsp3) is 0. The summed E-state index contributed by atoms with van der Waals surface area (Å²) in [7, 11) is -4.64. The van der Waals surface area contributed by atoms with Crippen LogP contribution in [-0.4, -0.2) is 14.7 Å². The van der Waals surface area contributed by atoms with Crippen LogP contribution < -0.4 is 29.6 Å². The molecule has 0 unspecified atom stereocenters. The van der Waals surface area contributed by atoms with Gasteiger partial charge < -0.3 is 16.1 Å². The van der Waals surface area contributed by atoms with E-state index >= 15 is 0 Å². The van der Waals surface area contributed by atoms with Crippen molar-refractivity contribution in [3.8, 4) is 0 Å². The average molecular weight is 226 g/mol. The van der Waals surface area contributed by atoms with Crippen molar-refractivity contribution in [2.24, 2.45) is 0 Å². The Morgan fingerprint density at radius 1 is 1.21 bits per heavy atom. The standard InChI is InChI=1S/C8H8.Na.H3O4P.H/c1-2-8-6-4-3-5-7-8;;1-5(2,3)4;/h2-7H,1H2;;(H3,1,2,3,4);/q;+1;;-1. The molecule has 3 N–H and O–H groups in total. The molecule has 0 radical (unpaired) electrons. The van der Waals surface area contributed by atoms with Crippen LogP contribution in [0.1, 0.15) is 6.99 Å².